The molecule has 0 amide bonds. The second kappa shape index (κ2) is 10.0. The van der Waals surface area contributed by atoms with Crippen molar-refractivity contribution in [3.8, 4) is 5.75 Å². The van der Waals surface area contributed by atoms with E-state index in [0.717, 1.165) is 18.6 Å². The molecule has 0 aliphatic heterocycles. The van der Waals surface area contributed by atoms with E-state index < -0.39 is 0 Å². The lowest BCUT2D eigenvalue weighted by atomic mass is 10.1. The molecule has 0 aliphatic rings. The summed E-state index contributed by atoms with van der Waals surface area (Å²) in [6, 6.07) is 5.54. The van der Waals surface area contributed by atoms with Crippen LogP contribution in [0.3, 0.4) is 0 Å². The highest BCUT2D eigenvalue weighted by Gasteiger charge is 2.09. The Morgan fingerprint density at radius 1 is 1.24 bits per heavy atom. The number of amidine groups is 1. The Labute approximate surface area is 126 Å². The van der Waals surface area contributed by atoms with Crippen molar-refractivity contribution in [2.45, 2.75) is 45.6 Å². The number of benzene rings is 1. The lowest BCUT2D eigenvalue weighted by molar-refractivity contribution is 0.116. The summed E-state index contributed by atoms with van der Waals surface area (Å²) in [5.74, 6) is 0.613. The van der Waals surface area contributed by atoms with Gasteiger partial charge in [0.05, 0.1) is 19.3 Å². The van der Waals surface area contributed by atoms with Crippen molar-refractivity contribution in [3.63, 3.8) is 0 Å². The zero-order chi connectivity index (χ0) is 15.5. The molecule has 0 aliphatic carbocycles. The van der Waals surface area contributed by atoms with Crippen LogP contribution in [0.2, 0.25) is 0 Å². The number of hydrogen-bond acceptors (Lipinski definition) is 4. The van der Waals surface area contributed by atoms with Gasteiger partial charge in [0.25, 0.3) is 0 Å². The van der Waals surface area contributed by atoms with Gasteiger partial charge in [0.2, 0.25) is 0 Å². The molecule has 5 nitrogen and oxygen atoms in total. The van der Waals surface area contributed by atoms with E-state index in [2.05, 4.69) is 12.1 Å². The van der Waals surface area contributed by atoms with Gasteiger partial charge < -0.3 is 20.4 Å². The number of oxime groups is 1. The predicted octanol–water partition coefficient (Wildman–Crippen LogP) is 3.28. The summed E-state index contributed by atoms with van der Waals surface area (Å²) in [5, 5.41) is 11.8. The Morgan fingerprint density at radius 3 is 2.67 bits per heavy atom. The summed E-state index contributed by atoms with van der Waals surface area (Å²) in [4.78, 5) is 0. The van der Waals surface area contributed by atoms with Crippen LogP contribution in [-0.2, 0) is 11.3 Å². The highest BCUT2D eigenvalue weighted by Crippen LogP contribution is 2.20. The number of ether oxygens (including phenoxy) is 2. The largest absolute Gasteiger partial charge is 0.496 e. The number of methoxy groups -OCH3 is 1. The maximum absolute atomic E-state index is 8.79. The van der Waals surface area contributed by atoms with Crippen LogP contribution >= 0.6 is 0 Å². The Morgan fingerprint density at radius 2 is 2.00 bits per heavy atom. The van der Waals surface area contributed by atoms with Crippen LogP contribution in [0.25, 0.3) is 0 Å². The van der Waals surface area contributed by atoms with Gasteiger partial charge in [-0.25, -0.2) is 0 Å². The number of unbranched alkanes of at least 4 members (excludes halogenated alkanes) is 4. The molecule has 0 fully saturated rings. The average Bonchev–Trinajstić information content (AvgIpc) is 2.53. The Hall–Kier alpha value is -1.75. The molecule has 0 saturated carbocycles. The summed E-state index contributed by atoms with van der Waals surface area (Å²) in [7, 11) is 1.55. The standard InChI is InChI=1S/C16H26N2O3/c1-3-4-5-6-7-10-21-12-13-8-9-15(20-2)14(11-13)16(17)18-19/h8-9,11,19H,3-7,10,12H2,1-2H3,(H2,17,18). The normalized spacial score (nSPS) is 11.6. The van der Waals surface area contributed by atoms with Crippen molar-refractivity contribution in [1.82, 2.24) is 0 Å². The van der Waals surface area contributed by atoms with Gasteiger partial charge in [0.1, 0.15) is 5.75 Å². The second-order valence-corrected chi connectivity index (χ2v) is 4.99. The third-order valence-electron chi connectivity index (χ3n) is 3.31. The minimum Gasteiger partial charge on any atom is -0.496 e. The minimum absolute atomic E-state index is 0.0354. The van der Waals surface area contributed by atoms with Crippen LogP contribution in [0.5, 0.6) is 5.75 Å². The average molecular weight is 294 g/mol. The molecule has 0 spiro atoms. The summed E-state index contributed by atoms with van der Waals surface area (Å²) < 4.78 is 10.8. The summed E-state index contributed by atoms with van der Waals surface area (Å²) in [5.41, 5.74) is 7.19. The first-order valence-corrected chi connectivity index (χ1v) is 7.45. The Bertz CT molecular complexity index is 447. The van der Waals surface area contributed by atoms with Gasteiger partial charge in [-0.2, -0.15) is 0 Å². The Kier molecular flexibility index (Phi) is 8.28. The van der Waals surface area contributed by atoms with Crippen LogP contribution in [0.4, 0.5) is 0 Å². The molecule has 21 heavy (non-hydrogen) atoms. The van der Waals surface area contributed by atoms with Gasteiger partial charge in [-0.15, -0.1) is 0 Å². The zero-order valence-electron chi connectivity index (χ0n) is 13.0. The van der Waals surface area contributed by atoms with E-state index in [1.807, 2.05) is 12.1 Å². The molecule has 3 N–H and O–H groups in total. The molecule has 0 saturated heterocycles. The van der Waals surface area contributed by atoms with Gasteiger partial charge in [0.15, 0.2) is 5.84 Å². The number of rotatable bonds is 10. The fourth-order valence-corrected chi connectivity index (χ4v) is 2.10. The van der Waals surface area contributed by atoms with Crippen LogP contribution < -0.4 is 10.5 Å². The van der Waals surface area contributed by atoms with E-state index in [0.29, 0.717) is 17.9 Å². The van der Waals surface area contributed by atoms with E-state index in [1.165, 1.54) is 25.7 Å². The van der Waals surface area contributed by atoms with Gasteiger partial charge in [0, 0.05) is 6.61 Å². The first-order chi connectivity index (χ1) is 10.2. The van der Waals surface area contributed by atoms with Crippen molar-refractivity contribution in [3.05, 3.63) is 29.3 Å². The highest BCUT2D eigenvalue weighted by molar-refractivity contribution is 5.99. The summed E-state index contributed by atoms with van der Waals surface area (Å²) in [6.45, 7) is 3.48. The van der Waals surface area contributed by atoms with Crippen molar-refractivity contribution in [1.29, 1.82) is 0 Å². The molecule has 0 heterocycles. The van der Waals surface area contributed by atoms with Crippen LogP contribution in [0.15, 0.2) is 23.4 Å². The third kappa shape index (κ3) is 6.04. The number of nitrogens with two attached hydrogens (primary N) is 1. The molecule has 0 unspecified atom stereocenters. The number of nitrogens with zero attached hydrogens (tertiary/aromatic N) is 1. The minimum atomic E-state index is 0.0354. The van der Waals surface area contributed by atoms with E-state index >= 15 is 0 Å². The first-order valence-electron chi connectivity index (χ1n) is 7.45. The molecule has 1 aromatic rings. The number of hydrogen-bond donors (Lipinski definition) is 2. The molecule has 0 bridgehead atoms. The quantitative estimate of drug-likeness (QED) is 0.228. The SMILES string of the molecule is CCCCCCCOCc1ccc(OC)c(C(N)=NO)c1. The first kappa shape index (κ1) is 17.3. The van der Waals surface area contributed by atoms with Crippen molar-refractivity contribution in [2.75, 3.05) is 13.7 Å². The lowest BCUT2D eigenvalue weighted by Crippen LogP contribution is -2.15. The molecular weight excluding hydrogens is 268 g/mol. The van der Waals surface area contributed by atoms with Crippen LogP contribution in [0.1, 0.15) is 50.2 Å². The van der Waals surface area contributed by atoms with Gasteiger partial charge in [-0.1, -0.05) is 43.8 Å². The molecule has 1 aromatic carbocycles. The smallest absolute Gasteiger partial charge is 0.173 e. The second-order valence-electron chi connectivity index (χ2n) is 4.99. The zero-order valence-corrected chi connectivity index (χ0v) is 13.0. The van der Waals surface area contributed by atoms with E-state index in [9.17, 15) is 0 Å². The van der Waals surface area contributed by atoms with E-state index in [1.54, 1.807) is 13.2 Å². The predicted molar refractivity (Wildman–Crippen MR) is 83.9 cm³/mol. The molecule has 118 valence electrons. The van der Waals surface area contributed by atoms with Crippen molar-refractivity contribution >= 4 is 5.84 Å². The van der Waals surface area contributed by atoms with Gasteiger partial charge in [-0.3, -0.25) is 0 Å². The fourth-order valence-electron chi connectivity index (χ4n) is 2.10. The van der Waals surface area contributed by atoms with Crippen molar-refractivity contribution in [2.24, 2.45) is 10.9 Å². The maximum Gasteiger partial charge on any atom is 0.173 e. The van der Waals surface area contributed by atoms with Gasteiger partial charge >= 0.3 is 0 Å². The fraction of sp³-hybridized carbons (Fsp3) is 0.562. The van der Waals surface area contributed by atoms with Crippen molar-refractivity contribution < 1.29 is 14.7 Å². The Balaban J connectivity index is 2.45. The molecule has 0 radical (unpaired) electrons. The summed E-state index contributed by atoms with van der Waals surface area (Å²) >= 11 is 0. The van der Waals surface area contributed by atoms with Gasteiger partial charge in [-0.05, 0) is 24.1 Å². The molecule has 0 aromatic heterocycles. The molecule has 0 atom stereocenters. The van der Waals surface area contributed by atoms with E-state index in [4.69, 9.17) is 20.4 Å². The molecule has 5 heteroatoms. The monoisotopic (exact) mass is 294 g/mol. The maximum atomic E-state index is 8.79. The molecular formula is C16H26N2O3. The summed E-state index contributed by atoms with van der Waals surface area (Å²) in [6.07, 6.45) is 6.12. The lowest BCUT2D eigenvalue weighted by Gasteiger charge is -2.10. The highest BCUT2D eigenvalue weighted by atomic mass is 16.5. The third-order valence-corrected chi connectivity index (χ3v) is 3.31. The topological polar surface area (TPSA) is 77.1 Å². The van der Waals surface area contributed by atoms with E-state index in [-0.39, 0.29) is 5.84 Å². The van der Waals surface area contributed by atoms with Crippen LogP contribution in [-0.4, -0.2) is 24.8 Å². The van der Waals surface area contributed by atoms with Crippen LogP contribution in [0, 0.1) is 0 Å². The molecule has 1 rings (SSSR count).